The summed E-state index contributed by atoms with van der Waals surface area (Å²) in [5, 5.41) is 8.90. The van der Waals surface area contributed by atoms with Crippen LogP contribution >= 0.6 is 15.9 Å². The summed E-state index contributed by atoms with van der Waals surface area (Å²) in [6.45, 7) is 0.347. The minimum absolute atomic E-state index is 0.141. The molecule has 0 unspecified atom stereocenters. The molecule has 0 amide bonds. The molecule has 92 valence electrons. The van der Waals surface area contributed by atoms with E-state index in [0.717, 1.165) is 5.56 Å². The molecule has 18 heavy (non-hydrogen) atoms. The summed E-state index contributed by atoms with van der Waals surface area (Å²) in [4.78, 5) is 22.6. The predicted octanol–water partition coefficient (Wildman–Crippen LogP) is 2.36. The summed E-state index contributed by atoms with van der Waals surface area (Å²) in [5.41, 5.74) is 0.851. The molecule has 0 aliphatic rings. The van der Waals surface area contributed by atoms with Crippen LogP contribution in [0, 0.1) is 0 Å². The molecule has 0 saturated carbocycles. The van der Waals surface area contributed by atoms with Gasteiger partial charge in [-0.3, -0.25) is 4.79 Å². The first-order valence-electron chi connectivity index (χ1n) is 5.25. The number of halogens is 1. The van der Waals surface area contributed by atoms with Gasteiger partial charge in [-0.1, -0.05) is 12.1 Å². The Hall–Kier alpha value is -1.88. The van der Waals surface area contributed by atoms with Crippen molar-refractivity contribution >= 4 is 21.9 Å². The quantitative estimate of drug-likeness (QED) is 0.947. The minimum atomic E-state index is -0.974. The highest BCUT2D eigenvalue weighted by molar-refractivity contribution is 9.10. The van der Waals surface area contributed by atoms with Crippen molar-refractivity contribution in [3.8, 4) is 0 Å². The lowest BCUT2D eigenvalue weighted by Crippen LogP contribution is -2.20. The SMILES string of the molecule is O=C(O)c1cccc(Cn2cccc(Br)c2=O)c1. The maximum Gasteiger partial charge on any atom is 0.335 e. The highest BCUT2D eigenvalue weighted by Gasteiger charge is 2.05. The Balaban J connectivity index is 2.34. The number of aromatic nitrogens is 1. The van der Waals surface area contributed by atoms with Crippen LogP contribution < -0.4 is 5.56 Å². The van der Waals surface area contributed by atoms with Gasteiger partial charge in [0.15, 0.2) is 0 Å². The first-order chi connectivity index (χ1) is 8.58. The smallest absolute Gasteiger partial charge is 0.335 e. The van der Waals surface area contributed by atoms with Crippen LogP contribution in [0.4, 0.5) is 0 Å². The number of carboxylic acids is 1. The van der Waals surface area contributed by atoms with Crippen molar-refractivity contribution in [2.45, 2.75) is 6.54 Å². The third kappa shape index (κ3) is 2.68. The third-order valence-corrected chi connectivity index (χ3v) is 3.10. The summed E-state index contributed by atoms with van der Waals surface area (Å²) in [7, 11) is 0. The first kappa shape index (κ1) is 12.6. The number of nitrogens with zero attached hydrogens (tertiary/aromatic N) is 1. The average molecular weight is 308 g/mol. The molecule has 1 aromatic heterocycles. The lowest BCUT2D eigenvalue weighted by molar-refractivity contribution is 0.0696. The van der Waals surface area contributed by atoms with Gasteiger partial charge in [0, 0.05) is 6.20 Å². The van der Waals surface area contributed by atoms with Crippen LogP contribution in [-0.2, 0) is 6.54 Å². The van der Waals surface area contributed by atoms with E-state index in [-0.39, 0.29) is 11.1 Å². The Labute approximate surface area is 112 Å². The van der Waals surface area contributed by atoms with Crippen LogP contribution in [0.1, 0.15) is 15.9 Å². The number of pyridine rings is 1. The first-order valence-corrected chi connectivity index (χ1v) is 6.04. The summed E-state index contributed by atoms with van der Waals surface area (Å²) in [6, 6.07) is 9.98. The second kappa shape index (κ2) is 5.18. The summed E-state index contributed by atoms with van der Waals surface area (Å²) in [6.07, 6.45) is 1.67. The lowest BCUT2D eigenvalue weighted by atomic mass is 10.1. The van der Waals surface area contributed by atoms with Gasteiger partial charge in [-0.05, 0) is 45.8 Å². The zero-order chi connectivity index (χ0) is 13.1. The summed E-state index contributed by atoms with van der Waals surface area (Å²) < 4.78 is 2.00. The van der Waals surface area contributed by atoms with Gasteiger partial charge in [0.1, 0.15) is 0 Å². The number of hydrogen-bond acceptors (Lipinski definition) is 2. The Bertz CT molecular complexity index is 649. The van der Waals surface area contributed by atoms with E-state index in [1.807, 2.05) is 0 Å². The standard InChI is InChI=1S/C13H10BrNO3/c14-11-5-2-6-15(12(11)16)8-9-3-1-4-10(7-9)13(17)18/h1-7H,8H2,(H,17,18). The Morgan fingerprint density at radius 1 is 1.28 bits per heavy atom. The van der Waals surface area contributed by atoms with Crippen molar-refractivity contribution < 1.29 is 9.90 Å². The molecule has 0 saturated heterocycles. The largest absolute Gasteiger partial charge is 0.478 e. The van der Waals surface area contributed by atoms with Gasteiger partial charge in [-0.15, -0.1) is 0 Å². The van der Waals surface area contributed by atoms with Crippen LogP contribution in [0.25, 0.3) is 0 Å². The van der Waals surface area contributed by atoms with E-state index in [2.05, 4.69) is 15.9 Å². The van der Waals surface area contributed by atoms with E-state index in [0.29, 0.717) is 11.0 Å². The highest BCUT2D eigenvalue weighted by atomic mass is 79.9. The van der Waals surface area contributed by atoms with Crippen LogP contribution in [0.5, 0.6) is 0 Å². The maximum atomic E-state index is 11.8. The van der Waals surface area contributed by atoms with Gasteiger partial charge >= 0.3 is 5.97 Å². The van der Waals surface area contributed by atoms with Crippen molar-refractivity contribution in [3.05, 3.63) is 68.5 Å². The molecule has 0 radical (unpaired) electrons. The van der Waals surface area contributed by atoms with Crippen LogP contribution in [0.2, 0.25) is 0 Å². The molecule has 1 heterocycles. The normalized spacial score (nSPS) is 10.3. The van der Waals surface area contributed by atoms with E-state index < -0.39 is 5.97 Å². The fourth-order valence-electron chi connectivity index (χ4n) is 1.63. The molecule has 1 N–H and O–H groups in total. The number of hydrogen-bond donors (Lipinski definition) is 1. The van der Waals surface area contributed by atoms with Gasteiger partial charge in [-0.25, -0.2) is 4.79 Å². The molecule has 0 spiro atoms. The van der Waals surface area contributed by atoms with Crippen molar-refractivity contribution in [2.75, 3.05) is 0 Å². The van der Waals surface area contributed by atoms with Crippen molar-refractivity contribution in [1.29, 1.82) is 0 Å². The number of rotatable bonds is 3. The summed E-state index contributed by atoms with van der Waals surface area (Å²) >= 11 is 3.17. The molecule has 0 aliphatic carbocycles. The van der Waals surface area contributed by atoms with Crippen LogP contribution in [0.3, 0.4) is 0 Å². The fraction of sp³-hybridized carbons (Fsp3) is 0.0769. The molecule has 0 atom stereocenters. The molecule has 0 fully saturated rings. The molecule has 2 aromatic rings. The number of carbonyl (C=O) groups is 1. The molecule has 4 nitrogen and oxygen atoms in total. The Kier molecular flexibility index (Phi) is 3.62. The molecule has 0 aliphatic heterocycles. The average Bonchev–Trinajstić information content (AvgIpc) is 2.35. The number of aromatic carboxylic acids is 1. The minimum Gasteiger partial charge on any atom is -0.478 e. The van der Waals surface area contributed by atoms with Gasteiger partial charge in [0.05, 0.1) is 16.6 Å². The van der Waals surface area contributed by atoms with Gasteiger partial charge in [0.2, 0.25) is 0 Å². The second-order valence-corrected chi connectivity index (χ2v) is 4.65. The molecule has 1 aromatic carbocycles. The molecular formula is C13H10BrNO3. The van der Waals surface area contributed by atoms with Crippen molar-refractivity contribution in [3.63, 3.8) is 0 Å². The molecule has 2 rings (SSSR count). The third-order valence-electron chi connectivity index (χ3n) is 2.50. The topological polar surface area (TPSA) is 59.3 Å². The van der Waals surface area contributed by atoms with Gasteiger partial charge in [-0.2, -0.15) is 0 Å². The number of carboxylic acid groups (broad SMARTS) is 1. The second-order valence-electron chi connectivity index (χ2n) is 3.79. The maximum absolute atomic E-state index is 11.8. The van der Waals surface area contributed by atoms with Crippen LogP contribution in [0.15, 0.2) is 51.9 Å². The van der Waals surface area contributed by atoms with Gasteiger partial charge in [0.25, 0.3) is 5.56 Å². The van der Waals surface area contributed by atoms with E-state index >= 15 is 0 Å². The van der Waals surface area contributed by atoms with E-state index in [9.17, 15) is 9.59 Å². The van der Waals surface area contributed by atoms with E-state index in [4.69, 9.17) is 5.11 Å². The van der Waals surface area contributed by atoms with E-state index in [1.54, 1.807) is 36.5 Å². The summed E-state index contributed by atoms with van der Waals surface area (Å²) in [5.74, 6) is -0.974. The van der Waals surface area contributed by atoms with Gasteiger partial charge < -0.3 is 9.67 Å². The lowest BCUT2D eigenvalue weighted by Gasteiger charge is -2.06. The Morgan fingerprint density at radius 3 is 2.78 bits per heavy atom. The van der Waals surface area contributed by atoms with Crippen LogP contribution in [-0.4, -0.2) is 15.6 Å². The van der Waals surface area contributed by atoms with E-state index in [1.165, 1.54) is 10.6 Å². The predicted molar refractivity (Wildman–Crippen MR) is 70.9 cm³/mol. The monoisotopic (exact) mass is 307 g/mol. The zero-order valence-electron chi connectivity index (χ0n) is 9.34. The van der Waals surface area contributed by atoms with Crippen molar-refractivity contribution in [2.24, 2.45) is 0 Å². The number of benzene rings is 1. The Morgan fingerprint density at radius 2 is 2.06 bits per heavy atom. The molecule has 5 heteroatoms. The highest BCUT2D eigenvalue weighted by Crippen LogP contribution is 2.08. The molecule has 0 bridgehead atoms. The fourth-order valence-corrected chi connectivity index (χ4v) is 2.01. The van der Waals surface area contributed by atoms with Crippen molar-refractivity contribution in [1.82, 2.24) is 4.57 Å². The zero-order valence-corrected chi connectivity index (χ0v) is 10.9. The molecular weight excluding hydrogens is 298 g/mol.